The second kappa shape index (κ2) is 2.70. The van der Waals surface area contributed by atoms with E-state index in [1.54, 1.807) is 10.7 Å². The first kappa shape index (κ1) is 8.99. The molecule has 2 rings (SSSR count). The number of fused-ring (bicyclic) bond motifs is 1. The van der Waals surface area contributed by atoms with E-state index in [0.717, 1.165) is 5.52 Å². The third-order valence-corrected chi connectivity index (χ3v) is 2.27. The molecule has 14 heavy (non-hydrogen) atoms. The predicted octanol–water partition coefficient (Wildman–Crippen LogP) is 1.61. The van der Waals surface area contributed by atoms with E-state index in [2.05, 4.69) is 36.9 Å². The van der Waals surface area contributed by atoms with E-state index in [1.165, 1.54) is 5.56 Å². The van der Waals surface area contributed by atoms with Crippen LogP contribution in [0.4, 0.5) is 5.95 Å². The summed E-state index contributed by atoms with van der Waals surface area (Å²) in [5.74, 6) is 0.431. The molecule has 0 radical (unpaired) electrons. The fourth-order valence-electron chi connectivity index (χ4n) is 1.32. The molecule has 0 aliphatic carbocycles. The average molecular weight is 190 g/mol. The van der Waals surface area contributed by atoms with Gasteiger partial charge in [0.25, 0.3) is 0 Å². The Balaban J connectivity index is 2.63. The maximum atomic E-state index is 5.62. The molecule has 0 aliphatic heterocycles. The van der Waals surface area contributed by atoms with Crippen molar-refractivity contribution in [1.82, 2.24) is 14.6 Å². The van der Waals surface area contributed by atoms with Gasteiger partial charge in [-0.05, 0) is 17.0 Å². The highest BCUT2D eigenvalue weighted by molar-refractivity contribution is 5.51. The molecule has 2 heterocycles. The van der Waals surface area contributed by atoms with Gasteiger partial charge in [0.2, 0.25) is 5.95 Å². The fraction of sp³-hybridized carbons (Fsp3) is 0.400. The van der Waals surface area contributed by atoms with Crippen molar-refractivity contribution in [2.24, 2.45) is 0 Å². The lowest BCUT2D eigenvalue weighted by atomic mass is 9.88. The quantitative estimate of drug-likeness (QED) is 0.686. The first-order valence-electron chi connectivity index (χ1n) is 4.58. The van der Waals surface area contributed by atoms with E-state index >= 15 is 0 Å². The summed E-state index contributed by atoms with van der Waals surface area (Å²) in [7, 11) is 0. The highest BCUT2D eigenvalue weighted by Gasteiger charge is 2.15. The van der Waals surface area contributed by atoms with Crippen LogP contribution in [0.3, 0.4) is 0 Å². The lowest BCUT2D eigenvalue weighted by Gasteiger charge is -2.18. The molecule has 2 aromatic heterocycles. The zero-order valence-electron chi connectivity index (χ0n) is 8.65. The maximum Gasteiger partial charge on any atom is 0.221 e. The summed E-state index contributed by atoms with van der Waals surface area (Å²) in [6, 6.07) is 2.07. The van der Waals surface area contributed by atoms with Gasteiger partial charge in [0.1, 0.15) is 0 Å². The highest BCUT2D eigenvalue weighted by Crippen LogP contribution is 2.22. The summed E-state index contributed by atoms with van der Waals surface area (Å²) in [5, 5.41) is 4.24. The second-order valence-corrected chi connectivity index (χ2v) is 4.45. The third kappa shape index (κ3) is 1.32. The first-order chi connectivity index (χ1) is 6.48. The van der Waals surface area contributed by atoms with Crippen molar-refractivity contribution in [3.8, 4) is 0 Å². The zero-order chi connectivity index (χ0) is 10.3. The monoisotopic (exact) mass is 190 g/mol. The van der Waals surface area contributed by atoms with Gasteiger partial charge in [0.15, 0.2) is 0 Å². The summed E-state index contributed by atoms with van der Waals surface area (Å²) in [6.07, 6.45) is 3.57. The summed E-state index contributed by atoms with van der Waals surface area (Å²) in [5.41, 5.74) is 7.85. The Kier molecular flexibility index (Phi) is 1.74. The van der Waals surface area contributed by atoms with E-state index < -0.39 is 0 Å². The van der Waals surface area contributed by atoms with Crippen molar-refractivity contribution in [1.29, 1.82) is 0 Å². The largest absolute Gasteiger partial charge is 0.368 e. The SMILES string of the molecule is CC(C)(C)c1cnn2c(N)ncc2c1. The van der Waals surface area contributed by atoms with Crippen molar-refractivity contribution < 1.29 is 0 Å². The third-order valence-electron chi connectivity index (χ3n) is 2.27. The van der Waals surface area contributed by atoms with E-state index in [4.69, 9.17) is 5.73 Å². The molecule has 0 unspecified atom stereocenters. The fourth-order valence-corrected chi connectivity index (χ4v) is 1.32. The molecule has 0 fully saturated rings. The minimum Gasteiger partial charge on any atom is -0.368 e. The van der Waals surface area contributed by atoms with Crippen LogP contribution in [0.5, 0.6) is 0 Å². The van der Waals surface area contributed by atoms with Gasteiger partial charge in [0, 0.05) is 0 Å². The van der Waals surface area contributed by atoms with E-state index in [-0.39, 0.29) is 5.41 Å². The highest BCUT2D eigenvalue weighted by atomic mass is 15.3. The van der Waals surface area contributed by atoms with Crippen LogP contribution in [0.2, 0.25) is 0 Å². The van der Waals surface area contributed by atoms with Crippen LogP contribution in [-0.4, -0.2) is 14.6 Å². The van der Waals surface area contributed by atoms with Gasteiger partial charge in [-0.3, -0.25) is 0 Å². The first-order valence-corrected chi connectivity index (χ1v) is 4.58. The van der Waals surface area contributed by atoms with Crippen LogP contribution in [-0.2, 0) is 5.41 Å². The Bertz CT molecular complexity index is 464. The van der Waals surface area contributed by atoms with Crippen LogP contribution in [0, 0.1) is 0 Å². The van der Waals surface area contributed by atoms with Crippen molar-refractivity contribution >= 4 is 11.5 Å². The lowest BCUT2D eigenvalue weighted by Crippen LogP contribution is -2.12. The van der Waals surface area contributed by atoms with Crippen molar-refractivity contribution in [2.45, 2.75) is 26.2 Å². The minimum absolute atomic E-state index is 0.105. The topological polar surface area (TPSA) is 56.2 Å². The molecule has 4 nitrogen and oxygen atoms in total. The number of hydrogen-bond acceptors (Lipinski definition) is 3. The molecule has 0 aliphatic rings. The van der Waals surface area contributed by atoms with Gasteiger partial charge in [-0.25, -0.2) is 4.98 Å². The van der Waals surface area contributed by atoms with Gasteiger partial charge in [-0.2, -0.15) is 9.61 Å². The van der Waals surface area contributed by atoms with E-state index in [1.807, 2.05) is 6.20 Å². The number of rotatable bonds is 0. The van der Waals surface area contributed by atoms with E-state index in [0.29, 0.717) is 5.95 Å². The van der Waals surface area contributed by atoms with Crippen LogP contribution in [0.15, 0.2) is 18.5 Å². The van der Waals surface area contributed by atoms with Gasteiger partial charge in [-0.1, -0.05) is 20.8 Å². The molecule has 0 amide bonds. The number of aromatic nitrogens is 3. The molecule has 0 bridgehead atoms. The molecule has 2 N–H and O–H groups in total. The maximum absolute atomic E-state index is 5.62. The van der Waals surface area contributed by atoms with Gasteiger partial charge in [0.05, 0.1) is 17.9 Å². The standard InChI is InChI=1S/C10H14N4/c1-10(2,3)7-4-8-6-12-9(11)14(8)13-5-7/h4-6H,1-3H3,(H2,11,12). The number of nitrogens with two attached hydrogens (primary N) is 1. The molecule has 0 saturated carbocycles. The Hall–Kier alpha value is -1.58. The van der Waals surface area contributed by atoms with Crippen LogP contribution < -0.4 is 5.73 Å². The van der Waals surface area contributed by atoms with Crippen LogP contribution >= 0.6 is 0 Å². The molecular formula is C10H14N4. The van der Waals surface area contributed by atoms with Crippen LogP contribution in [0.25, 0.3) is 5.52 Å². The summed E-state index contributed by atoms with van der Waals surface area (Å²) < 4.78 is 1.63. The second-order valence-electron chi connectivity index (χ2n) is 4.45. The smallest absolute Gasteiger partial charge is 0.221 e. The Morgan fingerprint density at radius 3 is 2.64 bits per heavy atom. The number of nitrogen functional groups attached to an aromatic ring is 1. The molecule has 0 atom stereocenters. The van der Waals surface area contributed by atoms with Crippen molar-refractivity contribution in [3.05, 3.63) is 24.0 Å². The summed E-state index contributed by atoms with van der Waals surface area (Å²) >= 11 is 0. The number of imidazole rings is 1. The summed E-state index contributed by atoms with van der Waals surface area (Å²) in [6.45, 7) is 6.46. The molecule has 0 aromatic carbocycles. The van der Waals surface area contributed by atoms with Gasteiger partial charge >= 0.3 is 0 Å². The molecular weight excluding hydrogens is 176 g/mol. The number of hydrogen-bond donors (Lipinski definition) is 1. The molecule has 0 spiro atoms. The van der Waals surface area contributed by atoms with Crippen LogP contribution in [0.1, 0.15) is 26.3 Å². The Morgan fingerprint density at radius 1 is 1.29 bits per heavy atom. The molecule has 2 aromatic rings. The molecule has 4 heteroatoms. The predicted molar refractivity (Wildman–Crippen MR) is 56.1 cm³/mol. The molecule has 0 saturated heterocycles. The Labute approximate surface area is 82.8 Å². The summed E-state index contributed by atoms with van der Waals surface area (Å²) in [4.78, 5) is 4.00. The minimum atomic E-state index is 0.105. The number of anilines is 1. The number of nitrogens with zero attached hydrogens (tertiary/aromatic N) is 3. The lowest BCUT2D eigenvalue weighted by molar-refractivity contribution is 0.585. The van der Waals surface area contributed by atoms with Gasteiger partial charge in [-0.15, -0.1) is 0 Å². The van der Waals surface area contributed by atoms with E-state index in [9.17, 15) is 0 Å². The zero-order valence-corrected chi connectivity index (χ0v) is 8.65. The molecule has 74 valence electrons. The van der Waals surface area contributed by atoms with Crippen molar-refractivity contribution in [2.75, 3.05) is 5.73 Å². The Morgan fingerprint density at radius 2 is 2.00 bits per heavy atom. The average Bonchev–Trinajstić information content (AvgIpc) is 2.46. The van der Waals surface area contributed by atoms with Crippen molar-refractivity contribution in [3.63, 3.8) is 0 Å². The van der Waals surface area contributed by atoms with Gasteiger partial charge < -0.3 is 5.73 Å². The normalized spacial score (nSPS) is 12.2.